The molecule has 19 heavy (non-hydrogen) atoms. The molecule has 5 heteroatoms. The monoisotopic (exact) mass is 340 g/mol. The van der Waals surface area contributed by atoms with Crippen LogP contribution in [0.2, 0.25) is 0 Å². The third-order valence-electron chi connectivity index (χ3n) is 2.65. The highest BCUT2D eigenvalue weighted by Crippen LogP contribution is 2.33. The van der Waals surface area contributed by atoms with E-state index < -0.39 is 0 Å². The topological polar surface area (TPSA) is 34.1 Å². The van der Waals surface area contributed by atoms with Crippen LogP contribution < -0.4 is 10.1 Å². The zero-order valence-electron chi connectivity index (χ0n) is 11.2. The molecule has 0 spiro atoms. The fourth-order valence-corrected chi connectivity index (χ4v) is 3.03. The Labute approximate surface area is 126 Å². The number of benzene rings is 1. The number of ether oxygens (including phenoxy) is 1. The van der Waals surface area contributed by atoms with Crippen molar-refractivity contribution in [3.63, 3.8) is 0 Å². The Hall–Kier alpha value is -0.910. The molecule has 0 fully saturated rings. The summed E-state index contributed by atoms with van der Waals surface area (Å²) in [6.07, 6.45) is 0. The smallest absolute Gasteiger partial charge is 0.124 e. The van der Waals surface area contributed by atoms with Gasteiger partial charge in [0.15, 0.2) is 0 Å². The standard InChI is InChI=1S/C14H17BrN2OS/c1-9(2)16-7-10-8-19-14(17-10)12-6-11(18-3)4-5-13(12)15/h4-6,8-9,16H,7H2,1-3H3. The van der Waals surface area contributed by atoms with Crippen molar-refractivity contribution in [2.24, 2.45) is 0 Å². The molecule has 0 unspecified atom stereocenters. The summed E-state index contributed by atoms with van der Waals surface area (Å²) in [5, 5.41) is 6.47. The summed E-state index contributed by atoms with van der Waals surface area (Å²) in [5.74, 6) is 0.843. The third kappa shape index (κ3) is 3.78. The highest BCUT2D eigenvalue weighted by Gasteiger charge is 2.10. The predicted molar refractivity (Wildman–Crippen MR) is 83.8 cm³/mol. The van der Waals surface area contributed by atoms with Gasteiger partial charge in [0, 0.05) is 28.0 Å². The Bertz CT molecular complexity index is 554. The Morgan fingerprint density at radius 2 is 2.21 bits per heavy atom. The lowest BCUT2D eigenvalue weighted by atomic mass is 10.2. The van der Waals surface area contributed by atoms with Gasteiger partial charge in [0.25, 0.3) is 0 Å². The second kappa shape index (κ2) is 6.50. The van der Waals surface area contributed by atoms with Gasteiger partial charge in [-0.15, -0.1) is 11.3 Å². The maximum Gasteiger partial charge on any atom is 0.124 e. The first-order chi connectivity index (χ1) is 9.10. The van der Waals surface area contributed by atoms with Crippen molar-refractivity contribution in [3.8, 4) is 16.3 Å². The summed E-state index contributed by atoms with van der Waals surface area (Å²) in [7, 11) is 1.67. The number of rotatable bonds is 5. The summed E-state index contributed by atoms with van der Waals surface area (Å²) in [6.45, 7) is 5.06. The summed E-state index contributed by atoms with van der Waals surface area (Å²) >= 11 is 5.21. The minimum Gasteiger partial charge on any atom is -0.497 e. The van der Waals surface area contributed by atoms with E-state index in [1.165, 1.54) is 0 Å². The van der Waals surface area contributed by atoms with E-state index in [-0.39, 0.29) is 0 Å². The molecule has 0 aliphatic rings. The van der Waals surface area contributed by atoms with Crippen LogP contribution in [0.3, 0.4) is 0 Å². The summed E-state index contributed by atoms with van der Waals surface area (Å²) < 4.78 is 6.29. The Kier molecular flexibility index (Phi) is 4.96. The number of nitrogens with one attached hydrogen (secondary N) is 1. The molecule has 0 radical (unpaired) electrons. The van der Waals surface area contributed by atoms with Crippen LogP contribution >= 0.6 is 27.3 Å². The number of thiazole rings is 1. The minimum absolute atomic E-state index is 0.466. The SMILES string of the molecule is COc1ccc(Br)c(-c2nc(CNC(C)C)cs2)c1. The zero-order chi connectivity index (χ0) is 13.8. The average molecular weight is 341 g/mol. The minimum atomic E-state index is 0.466. The largest absolute Gasteiger partial charge is 0.497 e. The fourth-order valence-electron chi connectivity index (χ4n) is 1.62. The molecule has 0 saturated carbocycles. The predicted octanol–water partition coefficient (Wildman–Crippen LogP) is 4.08. The number of halogens is 1. The normalized spacial score (nSPS) is 11.0. The first-order valence-electron chi connectivity index (χ1n) is 6.12. The lowest BCUT2D eigenvalue weighted by Gasteiger charge is -2.06. The van der Waals surface area contributed by atoms with Crippen LogP contribution in [0, 0.1) is 0 Å². The summed E-state index contributed by atoms with van der Waals surface area (Å²) in [6, 6.07) is 6.39. The fraction of sp³-hybridized carbons (Fsp3) is 0.357. The maximum absolute atomic E-state index is 5.26. The zero-order valence-corrected chi connectivity index (χ0v) is 13.6. The second-order valence-electron chi connectivity index (χ2n) is 4.53. The van der Waals surface area contributed by atoms with E-state index in [9.17, 15) is 0 Å². The number of hydrogen-bond donors (Lipinski definition) is 1. The molecule has 0 atom stereocenters. The third-order valence-corrected chi connectivity index (χ3v) is 4.26. The van der Waals surface area contributed by atoms with E-state index in [0.29, 0.717) is 6.04 Å². The van der Waals surface area contributed by atoms with Gasteiger partial charge in [-0.25, -0.2) is 4.98 Å². The van der Waals surface area contributed by atoms with Gasteiger partial charge < -0.3 is 10.1 Å². The van der Waals surface area contributed by atoms with Crippen LogP contribution in [0.4, 0.5) is 0 Å². The second-order valence-corrected chi connectivity index (χ2v) is 6.24. The van der Waals surface area contributed by atoms with Crippen molar-refractivity contribution in [2.45, 2.75) is 26.4 Å². The van der Waals surface area contributed by atoms with Gasteiger partial charge >= 0.3 is 0 Å². The van der Waals surface area contributed by atoms with Crippen LogP contribution in [-0.2, 0) is 6.54 Å². The Balaban J connectivity index is 2.22. The van der Waals surface area contributed by atoms with Gasteiger partial charge in [-0.05, 0) is 18.2 Å². The van der Waals surface area contributed by atoms with Gasteiger partial charge in [-0.3, -0.25) is 0 Å². The average Bonchev–Trinajstić information content (AvgIpc) is 2.85. The van der Waals surface area contributed by atoms with Crippen molar-refractivity contribution in [1.82, 2.24) is 10.3 Å². The number of hydrogen-bond acceptors (Lipinski definition) is 4. The van der Waals surface area contributed by atoms with Crippen LogP contribution in [0.5, 0.6) is 5.75 Å². The van der Waals surface area contributed by atoms with Crippen LogP contribution in [0.1, 0.15) is 19.5 Å². The molecule has 2 aromatic rings. The van der Waals surface area contributed by atoms with Gasteiger partial charge in [0.2, 0.25) is 0 Å². The van der Waals surface area contributed by atoms with Gasteiger partial charge in [0.05, 0.1) is 12.8 Å². The van der Waals surface area contributed by atoms with Crippen molar-refractivity contribution in [3.05, 3.63) is 33.7 Å². The van der Waals surface area contributed by atoms with Crippen molar-refractivity contribution in [2.75, 3.05) is 7.11 Å². The van der Waals surface area contributed by atoms with Crippen LogP contribution in [-0.4, -0.2) is 18.1 Å². The molecular formula is C14H17BrN2OS. The van der Waals surface area contributed by atoms with E-state index in [0.717, 1.165) is 33.0 Å². The van der Waals surface area contributed by atoms with E-state index in [1.807, 2.05) is 18.2 Å². The van der Waals surface area contributed by atoms with Gasteiger partial charge in [-0.2, -0.15) is 0 Å². The van der Waals surface area contributed by atoms with Gasteiger partial charge in [0.1, 0.15) is 10.8 Å². The Morgan fingerprint density at radius 3 is 2.89 bits per heavy atom. The molecule has 102 valence electrons. The molecule has 0 saturated heterocycles. The first kappa shape index (κ1) is 14.5. The molecule has 1 aromatic heterocycles. The molecule has 0 amide bonds. The summed E-state index contributed by atoms with van der Waals surface area (Å²) in [4.78, 5) is 4.66. The number of methoxy groups -OCH3 is 1. The highest BCUT2D eigenvalue weighted by molar-refractivity contribution is 9.10. The molecule has 1 N–H and O–H groups in total. The van der Waals surface area contributed by atoms with Gasteiger partial charge in [-0.1, -0.05) is 29.8 Å². The van der Waals surface area contributed by atoms with Crippen LogP contribution in [0.25, 0.3) is 10.6 Å². The van der Waals surface area contributed by atoms with Crippen molar-refractivity contribution in [1.29, 1.82) is 0 Å². The summed E-state index contributed by atoms with van der Waals surface area (Å²) in [5.41, 5.74) is 2.14. The van der Waals surface area contributed by atoms with E-state index >= 15 is 0 Å². The Morgan fingerprint density at radius 1 is 1.42 bits per heavy atom. The molecule has 1 heterocycles. The lowest BCUT2D eigenvalue weighted by Crippen LogP contribution is -2.21. The quantitative estimate of drug-likeness (QED) is 0.890. The molecule has 0 aliphatic heterocycles. The molecule has 2 rings (SSSR count). The number of nitrogens with zero attached hydrogens (tertiary/aromatic N) is 1. The maximum atomic E-state index is 5.26. The molecule has 3 nitrogen and oxygen atoms in total. The molecule has 0 bridgehead atoms. The van der Waals surface area contributed by atoms with E-state index in [2.05, 4.69) is 45.5 Å². The van der Waals surface area contributed by atoms with Crippen LogP contribution in [0.15, 0.2) is 28.1 Å². The van der Waals surface area contributed by atoms with Crippen molar-refractivity contribution < 1.29 is 4.74 Å². The van der Waals surface area contributed by atoms with Crippen molar-refractivity contribution >= 4 is 27.3 Å². The number of aromatic nitrogens is 1. The lowest BCUT2D eigenvalue weighted by molar-refractivity contribution is 0.415. The first-order valence-corrected chi connectivity index (χ1v) is 7.79. The molecule has 1 aromatic carbocycles. The van der Waals surface area contributed by atoms with E-state index in [1.54, 1.807) is 18.4 Å². The molecule has 0 aliphatic carbocycles. The highest BCUT2D eigenvalue weighted by atomic mass is 79.9. The van der Waals surface area contributed by atoms with E-state index in [4.69, 9.17) is 4.74 Å². The molecular weight excluding hydrogens is 324 g/mol.